The molecule has 0 aromatic carbocycles. The first-order chi connectivity index (χ1) is 12.9. The molecule has 0 saturated heterocycles. The van der Waals surface area contributed by atoms with E-state index < -0.39 is 17.9 Å². The lowest BCUT2D eigenvalue weighted by Gasteiger charge is -2.21. The van der Waals surface area contributed by atoms with E-state index in [1.807, 2.05) is 13.8 Å². The van der Waals surface area contributed by atoms with Gasteiger partial charge in [0, 0.05) is 12.3 Å². The molecule has 4 N–H and O–H groups in total. The lowest BCUT2D eigenvalue weighted by molar-refractivity contribution is -0.121. The first-order valence-electron chi connectivity index (χ1n) is 9.80. The summed E-state index contributed by atoms with van der Waals surface area (Å²) in [5.74, 6) is -0.638. The number of hydrogen-bond acceptors (Lipinski definition) is 6. The van der Waals surface area contributed by atoms with Crippen molar-refractivity contribution in [2.75, 3.05) is 6.61 Å². The summed E-state index contributed by atoms with van der Waals surface area (Å²) in [6.07, 6.45) is 9.04. The van der Waals surface area contributed by atoms with Crippen molar-refractivity contribution in [3.63, 3.8) is 0 Å². The maximum absolute atomic E-state index is 12.3. The van der Waals surface area contributed by atoms with Gasteiger partial charge in [-0.2, -0.15) is 0 Å². The molecule has 0 radical (unpaired) electrons. The third-order valence-electron chi connectivity index (χ3n) is 4.91. The van der Waals surface area contributed by atoms with Gasteiger partial charge in [-0.15, -0.1) is 0 Å². The number of carbonyl (C=O) groups excluding carboxylic acids is 2. The van der Waals surface area contributed by atoms with Gasteiger partial charge in [-0.3, -0.25) is 14.9 Å². The van der Waals surface area contributed by atoms with Crippen molar-refractivity contribution in [1.82, 2.24) is 10.3 Å². The number of aromatic nitrogens is 1. The summed E-state index contributed by atoms with van der Waals surface area (Å²) in [4.78, 5) is 28.2. The van der Waals surface area contributed by atoms with Crippen molar-refractivity contribution in [3.8, 4) is 11.5 Å². The molecule has 1 aromatic rings. The summed E-state index contributed by atoms with van der Waals surface area (Å²) in [6, 6.07) is 0.727. The van der Waals surface area contributed by atoms with Crippen molar-refractivity contribution in [1.29, 1.82) is 0 Å². The van der Waals surface area contributed by atoms with Gasteiger partial charge in [-0.1, -0.05) is 46.0 Å². The van der Waals surface area contributed by atoms with E-state index in [4.69, 9.17) is 10.5 Å². The van der Waals surface area contributed by atoms with E-state index in [1.165, 1.54) is 44.4 Å². The standard InChI is InChI=1S/C20H31N3O4/c1-13(2)12-15(21)19(25)23-20(26)17-18(24)16(8-10-22-17)27-11-9-14-6-4-3-5-7-14/h8,10,13-15,24H,3-7,9,11-12,21H2,1-2H3,(H,23,25,26)/t15-/m0/s1. The normalized spacial score (nSPS) is 16.1. The van der Waals surface area contributed by atoms with E-state index >= 15 is 0 Å². The number of pyridine rings is 1. The highest BCUT2D eigenvalue weighted by atomic mass is 16.5. The number of amides is 2. The SMILES string of the molecule is CC(C)C[C@H](N)C(=O)NC(=O)c1nccc(OCCC2CCCCC2)c1O. The average Bonchev–Trinajstić information content (AvgIpc) is 2.63. The molecule has 0 aliphatic heterocycles. The van der Waals surface area contributed by atoms with E-state index in [-0.39, 0.29) is 23.1 Å². The van der Waals surface area contributed by atoms with Gasteiger partial charge in [-0.05, 0) is 24.7 Å². The molecule has 1 fully saturated rings. The predicted octanol–water partition coefficient (Wildman–Crippen LogP) is 2.77. The maximum Gasteiger partial charge on any atom is 0.280 e. The summed E-state index contributed by atoms with van der Waals surface area (Å²) >= 11 is 0. The molecule has 7 nitrogen and oxygen atoms in total. The maximum atomic E-state index is 12.3. The van der Waals surface area contributed by atoms with Crippen LogP contribution in [0, 0.1) is 11.8 Å². The van der Waals surface area contributed by atoms with Crippen LogP contribution in [-0.2, 0) is 4.79 Å². The highest BCUT2D eigenvalue weighted by Gasteiger charge is 2.23. The van der Waals surface area contributed by atoms with Crippen molar-refractivity contribution in [2.45, 2.75) is 64.8 Å². The quantitative estimate of drug-likeness (QED) is 0.642. The monoisotopic (exact) mass is 377 g/mol. The Labute approximate surface area is 160 Å². The Kier molecular flexibility index (Phi) is 8.03. The molecule has 150 valence electrons. The zero-order chi connectivity index (χ0) is 19.8. The summed E-state index contributed by atoms with van der Waals surface area (Å²) < 4.78 is 5.66. The summed E-state index contributed by atoms with van der Waals surface area (Å²) in [5, 5.41) is 12.5. The van der Waals surface area contributed by atoms with Gasteiger partial charge < -0.3 is 15.6 Å². The molecule has 1 atom stereocenters. The Balaban J connectivity index is 1.92. The Morgan fingerprint density at radius 2 is 2.04 bits per heavy atom. The van der Waals surface area contributed by atoms with Crippen LogP contribution in [0.25, 0.3) is 0 Å². The Morgan fingerprint density at radius 3 is 2.70 bits per heavy atom. The van der Waals surface area contributed by atoms with Crippen LogP contribution < -0.4 is 15.8 Å². The minimum absolute atomic E-state index is 0.199. The lowest BCUT2D eigenvalue weighted by atomic mass is 9.87. The van der Waals surface area contributed by atoms with Crippen LogP contribution in [0.1, 0.15) is 69.3 Å². The molecule has 1 aromatic heterocycles. The molecule has 7 heteroatoms. The fourth-order valence-corrected chi connectivity index (χ4v) is 3.41. The number of imide groups is 1. The first kappa shape index (κ1) is 21.2. The summed E-state index contributed by atoms with van der Waals surface area (Å²) in [6.45, 7) is 4.36. The molecule has 27 heavy (non-hydrogen) atoms. The van der Waals surface area contributed by atoms with Crippen LogP contribution in [-0.4, -0.2) is 34.6 Å². The molecule has 0 unspecified atom stereocenters. The predicted molar refractivity (Wildman–Crippen MR) is 102 cm³/mol. The van der Waals surface area contributed by atoms with Gasteiger partial charge in [0.15, 0.2) is 17.2 Å². The number of hydrogen-bond donors (Lipinski definition) is 3. The fraction of sp³-hybridized carbons (Fsp3) is 0.650. The third kappa shape index (κ3) is 6.50. The van der Waals surface area contributed by atoms with Crippen LogP contribution in [0.3, 0.4) is 0 Å². The van der Waals surface area contributed by atoms with Gasteiger partial charge in [0.05, 0.1) is 12.6 Å². The third-order valence-corrected chi connectivity index (χ3v) is 4.91. The molecular weight excluding hydrogens is 346 g/mol. The van der Waals surface area contributed by atoms with Gasteiger partial charge in [0.2, 0.25) is 5.91 Å². The van der Waals surface area contributed by atoms with E-state index in [9.17, 15) is 14.7 Å². The number of ether oxygens (including phenoxy) is 1. The van der Waals surface area contributed by atoms with E-state index in [1.54, 1.807) is 0 Å². The van der Waals surface area contributed by atoms with Crippen molar-refractivity contribution in [3.05, 3.63) is 18.0 Å². The van der Waals surface area contributed by atoms with Gasteiger partial charge in [0.25, 0.3) is 5.91 Å². The highest BCUT2D eigenvalue weighted by Crippen LogP contribution is 2.30. The number of aromatic hydroxyl groups is 1. The molecule has 1 aliphatic rings. The van der Waals surface area contributed by atoms with Crippen LogP contribution >= 0.6 is 0 Å². The summed E-state index contributed by atoms with van der Waals surface area (Å²) in [5.41, 5.74) is 5.54. The van der Waals surface area contributed by atoms with Crippen LogP contribution in [0.15, 0.2) is 12.3 Å². The van der Waals surface area contributed by atoms with E-state index in [0.29, 0.717) is 18.9 Å². The number of nitrogens with zero attached hydrogens (tertiary/aromatic N) is 1. The minimum Gasteiger partial charge on any atom is -0.503 e. The molecule has 2 amide bonds. The van der Waals surface area contributed by atoms with Crippen LogP contribution in [0.2, 0.25) is 0 Å². The van der Waals surface area contributed by atoms with E-state index in [2.05, 4.69) is 10.3 Å². The van der Waals surface area contributed by atoms with Gasteiger partial charge >= 0.3 is 0 Å². The smallest absolute Gasteiger partial charge is 0.280 e. The zero-order valence-electron chi connectivity index (χ0n) is 16.2. The topological polar surface area (TPSA) is 115 Å². The number of carbonyl (C=O) groups is 2. The Morgan fingerprint density at radius 1 is 1.33 bits per heavy atom. The second kappa shape index (κ2) is 10.3. The molecule has 1 heterocycles. The molecular formula is C20H31N3O4. The van der Waals surface area contributed by atoms with Crippen LogP contribution in [0.4, 0.5) is 0 Å². The number of nitrogens with one attached hydrogen (secondary N) is 1. The molecule has 0 bridgehead atoms. The van der Waals surface area contributed by atoms with Crippen molar-refractivity contribution >= 4 is 11.8 Å². The molecule has 2 rings (SSSR count). The molecule has 1 aliphatic carbocycles. The zero-order valence-corrected chi connectivity index (χ0v) is 16.2. The fourth-order valence-electron chi connectivity index (χ4n) is 3.41. The molecule has 1 saturated carbocycles. The van der Waals surface area contributed by atoms with Gasteiger partial charge in [0.1, 0.15) is 0 Å². The van der Waals surface area contributed by atoms with Gasteiger partial charge in [-0.25, -0.2) is 4.98 Å². The number of rotatable bonds is 8. The number of nitrogens with two attached hydrogens (primary N) is 1. The molecule has 0 spiro atoms. The Bertz CT molecular complexity index is 642. The second-order valence-electron chi connectivity index (χ2n) is 7.70. The van der Waals surface area contributed by atoms with Crippen molar-refractivity contribution < 1.29 is 19.4 Å². The largest absolute Gasteiger partial charge is 0.503 e. The first-order valence-corrected chi connectivity index (χ1v) is 9.80. The Hall–Kier alpha value is -2.15. The van der Waals surface area contributed by atoms with Crippen molar-refractivity contribution in [2.24, 2.45) is 17.6 Å². The average molecular weight is 377 g/mol. The second-order valence-corrected chi connectivity index (χ2v) is 7.70. The minimum atomic E-state index is -0.786. The lowest BCUT2D eigenvalue weighted by Crippen LogP contribution is -2.44. The van der Waals surface area contributed by atoms with E-state index in [0.717, 1.165) is 6.42 Å². The highest BCUT2D eigenvalue weighted by molar-refractivity contribution is 6.06. The summed E-state index contributed by atoms with van der Waals surface area (Å²) in [7, 11) is 0. The van der Waals surface area contributed by atoms with Crippen LogP contribution in [0.5, 0.6) is 11.5 Å².